The van der Waals surface area contributed by atoms with E-state index in [0.717, 1.165) is 4.90 Å². The molecule has 1 rings (SSSR count). The fourth-order valence-electron chi connectivity index (χ4n) is 1.84. The Hall–Kier alpha value is -1.92. The molecule has 1 aromatic rings. The van der Waals surface area contributed by atoms with E-state index in [1.54, 1.807) is 31.4 Å². The van der Waals surface area contributed by atoms with Crippen LogP contribution >= 0.6 is 0 Å². The van der Waals surface area contributed by atoms with Gasteiger partial charge in [0.25, 0.3) is 0 Å². The Morgan fingerprint density at radius 3 is 2.27 bits per heavy atom. The summed E-state index contributed by atoms with van der Waals surface area (Å²) in [7, 11) is 1.56. The van der Waals surface area contributed by atoms with Gasteiger partial charge in [-0.15, -0.1) is 0 Å². The van der Waals surface area contributed by atoms with Crippen molar-refractivity contribution in [3.8, 4) is 11.5 Å². The zero-order valence-electron chi connectivity index (χ0n) is 12.7. The lowest BCUT2D eigenvalue weighted by Crippen LogP contribution is -2.38. The average Bonchev–Trinajstić information content (AvgIpc) is 2.48. The van der Waals surface area contributed by atoms with Gasteiger partial charge in [-0.25, -0.2) is 0 Å². The number of benzene rings is 1. The maximum atomic E-state index is 12.3. The first-order valence-corrected chi connectivity index (χ1v) is 6.97. The molecule has 0 N–H and O–H groups in total. The highest BCUT2D eigenvalue weighted by Crippen LogP contribution is 2.18. The molecule has 0 aliphatic heterocycles. The molecule has 124 valence electrons. The van der Waals surface area contributed by atoms with E-state index in [1.807, 2.05) is 0 Å². The van der Waals surface area contributed by atoms with Gasteiger partial charge < -0.3 is 14.4 Å². The van der Waals surface area contributed by atoms with Crippen molar-refractivity contribution in [1.29, 1.82) is 0 Å². The molecule has 1 amide bonds. The molecule has 0 aliphatic rings. The molecule has 0 atom stereocenters. The average molecular weight is 319 g/mol. The third kappa shape index (κ3) is 6.69. The number of carbonyl (C=O) groups is 1. The number of alkyl halides is 3. The predicted molar refractivity (Wildman–Crippen MR) is 76.0 cm³/mol. The largest absolute Gasteiger partial charge is 0.497 e. The van der Waals surface area contributed by atoms with Gasteiger partial charge in [0, 0.05) is 13.0 Å². The van der Waals surface area contributed by atoms with Crippen molar-refractivity contribution in [2.75, 3.05) is 26.8 Å². The standard InChI is InChI=1S/C15H20F3NO3/c1-3-19(11-15(16,17)18)14(20)5-4-10-22-13-8-6-12(21-2)7-9-13/h6-9H,3-5,10-11H2,1-2H3. The van der Waals surface area contributed by atoms with Crippen molar-refractivity contribution in [3.63, 3.8) is 0 Å². The lowest BCUT2D eigenvalue weighted by molar-refractivity contribution is -0.160. The molecule has 0 unspecified atom stereocenters. The number of methoxy groups -OCH3 is 1. The minimum atomic E-state index is -4.37. The van der Waals surface area contributed by atoms with Gasteiger partial charge in [0.1, 0.15) is 18.0 Å². The summed E-state index contributed by atoms with van der Waals surface area (Å²) in [4.78, 5) is 12.5. The highest BCUT2D eigenvalue weighted by molar-refractivity contribution is 5.76. The van der Waals surface area contributed by atoms with Crippen LogP contribution < -0.4 is 9.47 Å². The van der Waals surface area contributed by atoms with Crippen LogP contribution in [0.1, 0.15) is 19.8 Å². The Bertz CT molecular complexity index is 460. The monoisotopic (exact) mass is 319 g/mol. The minimum absolute atomic E-state index is 0.0279. The summed E-state index contributed by atoms with van der Waals surface area (Å²) < 4.78 is 47.3. The minimum Gasteiger partial charge on any atom is -0.497 e. The molecule has 0 saturated carbocycles. The molecular formula is C15H20F3NO3. The lowest BCUT2D eigenvalue weighted by atomic mass is 10.2. The van der Waals surface area contributed by atoms with Crippen LogP contribution in [0.25, 0.3) is 0 Å². The second-order valence-electron chi connectivity index (χ2n) is 4.65. The van der Waals surface area contributed by atoms with Gasteiger partial charge in [0.15, 0.2) is 0 Å². The van der Waals surface area contributed by atoms with Gasteiger partial charge >= 0.3 is 6.18 Å². The topological polar surface area (TPSA) is 38.8 Å². The van der Waals surface area contributed by atoms with E-state index >= 15 is 0 Å². The van der Waals surface area contributed by atoms with Crippen LogP contribution in [0.5, 0.6) is 11.5 Å². The van der Waals surface area contributed by atoms with Crippen molar-refractivity contribution in [1.82, 2.24) is 4.90 Å². The van der Waals surface area contributed by atoms with Crippen molar-refractivity contribution in [2.45, 2.75) is 25.9 Å². The quantitative estimate of drug-likeness (QED) is 0.690. The van der Waals surface area contributed by atoms with Crippen LogP contribution in [0.3, 0.4) is 0 Å². The van der Waals surface area contributed by atoms with Crippen LogP contribution in [0.4, 0.5) is 13.2 Å². The van der Waals surface area contributed by atoms with E-state index in [9.17, 15) is 18.0 Å². The number of halogens is 3. The number of rotatable bonds is 8. The zero-order valence-corrected chi connectivity index (χ0v) is 12.7. The Labute approximate surface area is 127 Å². The van der Waals surface area contributed by atoms with E-state index in [2.05, 4.69) is 0 Å². The molecule has 0 radical (unpaired) electrons. The highest BCUT2D eigenvalue weighted by Gasteiger charge is 2.31. The summed E-state index contributed by atoms with van der Waals surface area (Å²) >= 11 is 0. The fraction of sp³-hybridized carbons (Fsp3) is 0.533. The smallest absolute Gasteiger partial charge is 0.406 e. The van der Waals surface area contributed by atoms with Crippen molar-refractivity contribution >= 4 is 5.91 Å². The normalized spacial score (nSPS) is 11.1. The molecular weight excluding hydrogens is 299 g/mol. The van der Waals surface area contributed by atoms with Crippen LogP contribution in [0.2, 0.25) is 0 Å². The maximum absolute atomic E-state index is 12.3. The second-order valence-corrected chi connectivity index (χ2v) is 4.65. The first-order chi connectivity index (χ1) is 10.4. The highest BCUT2D eigenvalue weighted by atomic mass is 19.4. The Balaban J connectivity index is 2.31. The van der Waals surface area contributed by atoms with Gasteiger partial charge in [-0.3, -0.25) is 4.79 Å². The van der Waals surface area contributed by atoms with E-state index in [1.165, 1.54) is 6.92 Å². The third-order valence-corrected chi connectivity index (χ3v) is 2.97. The van der Waals surface area contributed by atoms with Gasteiger partial charge in [-0.05, 0) is 37.6 Å². The molecule has 4 nitrogen and oxygen atoms in total. The number of nitrogens with zero attached hydrogens (tertiary/aromatic N) is 1. The van der Waals surface area contributed by atoms with Gasteiger partial charge in [-0.1, -0.05) is 0 Å². The first kappa shape index (κ1) is 18.1. The van der Waals surface area contributed by atoms with E-state index in [0.29, 0.717) is 17.9 Å². The van der Waals surface area contributed by atoms with Gasteiger partial charge in [0.2, 0.25) is 5.91 Å². The SMILES string of the molecule is CCN(CC(F)(F)F)C(=O)CCCOc1ccc(OC)cc1. The number of carbonyl (C=O) groups excluding carboxylic acids is 1. The summed E-state index contributed by atoms with van der Waals surface area (Å²) in [5.41, 5.74) is 0. The van der Waals surface area contributed by atoms with E-state index in [4.69, 9.17) is 9.47 Å². The number of hydrogen-bond donors (Lipinski definition) is 0. The van der Waals surface area contributed by atoms with Crippen molar-refractivity contribution < 1.29 is 27.4 Å². The molecule has 22 heavy (non-hydrogen) atoms. The Morgan fingerprint density at radius 1 is 1.18 bits per heavy atom. The number of ether oxygens (including phenoxy) is 2. The molecule has 7 heteroatoms. The van der Waals surface area contributed by atoms with E-state index in [-0.39, 0.29) is 19.6 Å². The molecule has 0 spiro atoms. The fourth-order valence-corrected chi connectivity index (χ4v) is 1.84. The number of hydrogen-bond acceptors (Lipinski definition) is 3. The molecule has 0 fully saturated rings. The third-order valence-electron chi connectivity index (χ3n) is 2.97. The lowest BCUT2D eigenvalue weighted by Gasteiger charge is -2.22. The molecule has 0 aromatic heterocycles. The van der Waals surface area contributed by atoms with Crippen LogP contribution in [-0.4, -0.2) is 43.8 Å². The van der Waals surface area contributed by atoms with Crippen molar-refractivity contribution in [2.24, 2.45) is 0 Å². The first-order valence-electron chi connectivity index (χ1n) is 6.97. The maximum Gasteiger partial charge on any atom is 0.406 e. The Kier molecular flexibility index (Phi) is 7.01. The number of amides is 1. The summed E-state index contributed by atoms with van der Waals surface area (Å²) in [6.45, 7) is 0.623. The second kappa shape index (κ2) is 8.51. The molecule has 1 aromatic carbocycles. The summed E-state index contributed by atoms with van der Waals surface area (Å²) in [5, 5.41) is 0. The van der Waals surface area contributed by atoms with Gasteiger partial charge in [-0.2, -0.15) is 13.2 Å². The van der Waals surface area contributed by atoms with Gasteiger partial charge in [0.05, 0.1) is 13.7 Å². The summed E-state index contributed by atoms with van der Waals surface area (Å²) in [6.07, 6.45) is -3.98. The molecule has 0 heterocycles. The van der Waals surface area contributed by atoms with Crippen molar-refractivity contribution in [3.05, 3.63) is 24.3 Å². The van der Waals surface area contributed by atoms with Crippen LogP contribution in [-0.2, 0) is 4.79 Å². The summed E-state index contributed by atoms with van der Waals surface area (Å²) in [6, 6.07) is 6.93. The predicted octanol–water partition coefficient (Wildman–Crippen LogP) is 3.27. The molecule has 0 saturated heterocycles. The van der Waals surface area contributed by atoms with E-state index < -0.39 is 18.6 Å². The molecule has 0 aliphatic carbocycles. The summed E-state index contributed by atoms with van der Waals surface area (Å²) in [5.74, 6) is 0.808. The molecule has 0 bridgehead atoms. The zero-order chi connectivity index (χ0) is 16.6. The van der Waals surface area contributed by atoms with Crippen LogP contribution in [0.15, 0.2) is 24.3 Å². The van der Waals surface area contributed by atoms with Crippen LogP contribution in [0, 0.1) is 0 Å². The Morgan fingerprint density at radius 2 is 1.77 bits per heavy atom.